The molecule has 4 heteroatoms. The quantitative estimate of drug-likeness (QED) is 0.583. The van der Waals surface area contributed by atoms with Crippen LogP contribution in [0.1, 0.15) is 13.8 Å². The molecule has 0 aromatic carbocycles. The maximum absolute atomic E-state index is 12.0. The highest BCUT2D eigenvalue weighted by molar-refractivity contribution is 6.66. The van der Waals surface area contributed by atoms with E-state index in [-0.39, 0.29) is 6.67 Å². The molecule has 0 unspecified atom stereocenters. The molecule has 0 aromatic heterocycles. The van der Waals surface area contributed by atoms with E-state index in [0.717, 1.165) is 0 Å². The van der Waals surface area contributed by atoms with E-state index in [1.165, 1.54) is 0 Å². The maximum Gasteiger partial charge on any atom is 0.337 e. The van der Waals surface area contributed by atoms with Crippen LogP contribution in [0.5, 0.6) is 0 Å². The van der Waals surface area contributed by atoms with Gasteiger partial charge in [0, 0.05) is 19.3 Å². The SMILES string of the molecule is CCO[Si](C)(CCF)OCC. The molecule has 0 saturated carbocycles. The zero-order valence-corrected chi connectivity index (χ0v) is 8.52. The summed E-state index contributed by atoms with van der Waals surface area (Å²) in [5, 5.41) is 0. The highest BCUT2D eigenvalue weighted by atomic mass is 28.4. The largest absolute Gasteiger partial charge is 0.395 e. The Kier molecular flexibility index (Phi) is 5.72. The Hall–Kier alpha value is 0.0669. The van der Waals surface area contributed by atoms with Gasteiger partial charge in [-0.25, -0.2) is 0 Å². The molecule has 0 aliphatic carbocycles. The Morgan fingerprint density at radius 2 is 1.64 bits per heavy atom. The summed E-state index contributed by atoms with van der Waals surface area (Å²) < 4.78 is 22.8. The highest BCUT2D eigenvalue weighted by Gasteiger charge is 2.29. The third kappa shape index (κ3) is 4.50. The normalized spacial score (nSPS) is 12.0. The number of hydrogen-bond donors (Lipinski definition) is 0. The van der Waals surface area contributed by atoms with Crippen molar-refractivity contribution in [2.75, 3.05) is 19.9 Å². The van der Waals surface area contributed by atoms with E-state index in [1.54, 1.807) is 0 Å². The van der Waals surface area contributed by atoms with E-state index < -0.39 is 8.56 Å². The first-order chi connectivity index (χ1) is 5.18. The fraction of sp³-hybridized carbons (Fsp3) is 1.00. The third-order valence-electron chi connectivity index (χ3n) is 1.45. The molecule has 0 bridgehead atoms. The van der Waals surface area contributed by atoms with E-state index in [2.05, 4.69) is 0 Å². The van der Waals surface area contributed by atoms with Crippen LogP contribution in [0.15, 0.2) is 0 Å². The van der Waals surface area contributed by atoms with Crippen LogP contribution in [0.2, 0.25) is 12.6 Å². The zero-order chi connectivity index (χ0) is 8.74. The van der Waals surface area contributed by atoms with Gasteiger partial charge in [0.1, 0.15) is 0 Å². The monoisotopic (exact) mass is 180 g/mol. The fourth-order valence-corrected chi connectivity index (χ4v) is 2.90. The van der Waals surface area contributed by atoms with Gasteiger partial charge in [0.05, 0.1) is 6.67 Å². The van der Waals surface area contributed by atoms with Crippen molar-refractivity contribution in [1.82, 2.24) is 0 Å². The summed E-state index contributed by atoms with van der Waals surface area (Å²) in [5.74, 6) is 0. The Morgan fingerprint density at radius 3 is 1.91 bits per heavy atom. The predicted octanol–water partition coefficient (Wildman–Crippen LogP) is 2.10. The molecule has 11 heavy (non-hydrogen) atoms. The molecule has 0 aromatic rings. The summed E-state index contributed by atoms with van der Waals surface area (Å²) in [5.41, 5.74) is 0. The predicted molar refractivity (Wildman–Crippen MR) is 45.7 cm³/mol. The van der Waals surface area contributed by atoms with Crippen LogP contribution >= 0.6 is 0 Å². The summed E-state index contributed by atoms with van der Waals surface area (Å²) in [7, 11) is -2.12. The molecule has 0 rings (SSSR count). The fourth-order valence-electron chi connectivity index (χ4n) is 0.968. The minimum Gasteiger partial charge on any atom is -0.395 e. The average molecular weight is 180 g/mol. The smallest absolute Gasteiger partial charge is 0.337 e. The van der Waals surface area contributed by atoms with Crippen molar-refractivity contribution in [2.45, 2.75) is 26.4 Å². The van der Waals surface area contributed by atoms with Crippen molar-refractivity contribution in [3.63, 3.8) is 0 Å². The summed E-state index contributed by atoms with van der Waals surface area (Å²) in [6, 6.07) is 0.439. The lowest BCUT2D eigenvalue weighted by Gasteiger charge is -2.24. The van der Waals surface area contributed by atoms with Crippen LogP contribution in [-0.4, -0.2) is 28.4 Å². The van der Waals surface area contributed by atoms with Crippen molar-refractivity contribution in [1.29, 1.82) is 0 Å². The van der Waals surface area contributed by atoms with Gasteiger partial charge in [-0.1, -0.05) is 0 Å². The van der Waals surface area contributed by atoms with Gasteiger partial charge in [0.2, 0.25) is 0 Å². The molecule has 0 aliphatic rings. The molecular weight excluding hydrogens is 163 g/mol. The van der Waals surface area contributed by atoms with E-state index in [0.29, 0.717) is 19.3 Å². The average Bonchev–Trinajstić information content (AvgIpc) is 1.88. The van der Waals surface area contributed by atoms with Crippen molar-refractivity contribution in [3.8, 4) is 0 Å². The van der Waals surface area contributed by atoms with E-state index in [4.69, 9.17) is 8.85 Å². The van der Waals surface area contributed by atoms with Gasteiger partial charge in [0.25, 0.3) is 0 Å². The van der Waals surface area contributed by atoms with E-state index >= 15 is 0 Å². The molecule has 0 saturated heterocycles. The zero-order valence-electron chi connectivity index (χ0n) is 7.52. The summed E-state index contributed by atoms with van der Waals surface area (Å²) in [6.45, 7) is 6.60. The second kappa shape index (κ2) is 5.68. The van der Waals surface area contributed by atoms with Gasteiger partial charge >= 0.3 is 8.56 Å². The van der Waals surface area contributed by atoms with Crippen molar-refractivity contribution < 1.29 is 13.2 Å². The number of halogens is 1. The van der Waals surface area contributed by atoms with Crippen LogP contribution < -0.4 is 0 Å². The van der Waals surface area contributed by atoms with Crippen molar-refractivity contribution in [2.24, 2.45) is 0 Å². The molecule has 0 amide bonds. The van der Waals surface area contributed by atoms with Gasteiger partial charge in [-0.3, -0.25) is 4.39 Å². The lowest BCUT2D eigenvalue weighted by atomic mass is 10.9. The second-order valence-corrected chi connectivity index (χ2v) is 5.78. The molecule has 0 fully saturated rings. The Bertz CT molecular complexity index is 83.4. The Balaban J connectivity index is 3.79. The number of hydrogen-bond acceptors (Lipinski definition) is 2. The van der Waals surface area contributed by atoms with Gasteiger partial charge in [0.15, 0.2) is 0 Å². The molecule has 0 spiro atoms. The van der Waals surface area contributed by atoms with Gasteiger partial charge in [-0.2, -0.15) is 0 Å². The summed E-state index contributed by atoms with van der Waals surface area (Å²) in [6.07, 6.45) is 0. The number of rotatable bonds is 6. The molecule has 0 radical (unpaired) electrons. The Labute approximate surface area is 68.9 Å². The Morgan fingerprint density at radius 1 is 1.18 bits per heavy atom. The summed E-state index contributed by atoms with van der Waals surface area (Å²) in [4.78, 5) is 0. The molecule has 0 N–H and O–H groups in total. The van der Waals surface area contributed by atoms with Crippen LogP contribution in [0, 0.1) is 0 Å². The van der Waals surface area contributed by atoms with Crippen LogP contribution in [-0.2, 0) is 8.85 Å². The molecule has 0 heterocycles. The summed E-state index contributed by atoms with van der Waals surface area (Å²) >= 11 is 0. The van der Waals surface area contributed by atoms with E-state index in [9.17, 15) is 4.39 Å². The lowest BCUT2D eigenvalue weighted by Crippen LogP contribution is -2.39. The van der Waals surface area contributed by atoms with Gasteiger partial charge in [-0.15, -0.1) is 0 Å². The molecule has 0 aliphatic heterocycles. The second-order valence-electron chi connectivity index (χ2n) is 2.44. The lowest BCUT2D eigenvalue weighted by molar-refractivity contribution is 0.186. The standard InChI is InChI=1S/C7H17FO2Si/c1-4-9-11(3,7-6-8)10-5-2/h4-7H2,1-3H3. The molecule has 2 nitrogen and oxygen atoms in total. The maximum atomic E-state index is 12.0. The topological polar surface area (TPSA) is 18.5 Å². The highest BCUT2D eigenvalue weighted by Crippen LogP contribution is 2.12. The van der Waals surface area contributed by atoms with Crippen molar-refractivity contribution >= 4 is 8.56 Å². The van der Waals surface area contributed by atoms with Crippen LogP contribution in [0.25, 0.3) is 0 Å². The molecule has 0 atom stereocenters. The van der Waals surface area contributed by atoms with Crippen LogP contribution in [0.4, 0.5) is 4.39 Å². The van der Waals surface area contributed by atoms with E-state index in [1.807, 2.05) is 20.4 Å². The minimum atomic E-state index is -2.12. The molecular formula is C7H17FO2Si. The van der Waals surface area contributed by atoms with Gasteiger partial charge < -0.3 is 8.85 Å². The van der Waals surface area contributed by atoms with Crippen molar-refractivity contribution in [3.05, 3.63) is 0 Å². The first-order valence-electron chi connectivity index (χ1n) is 4.02. The minimum absolute atomic E-state index is 0.345. The third-order valence-corrected chi connectivity index (χ3v) is 4.34. The van der Waals surface area contributed by atoms with Gasteiger partial charge in [-0.05, 0) is 20.4 Å². The molecule has 68 valence electrons. The number of alkyl halides is 1. The van der Waals surface area contributed by atoms with Crippen LogP contribution in [0.3, 0.4) is 0 Å². The first kappa shape index (κ1) is 11.1. The first-order valence-corrected chi connectivity index (χ1v) is 6.54.